The van der Waals surface area contributed by atoms with Crippen LogP contribution in [0.4, 0.5) is 0 Å². The predicted molar refractivity (Wildman–Crippen MR) is 74.0 cm³/mol. The Morgan fingerprint density at radius 1 is 1.22 bits per heavy atom. The van der Waals surface area contributed by atoms with Crippen LogP contribution in [0.2, 0.25) is 0 Å². The molecule has 1 aromatic heterocycles. The van der Waals surface area contributed by atoms with Gasteiger partial charge in [0, 0.05) is 4.90 Å². The highest BCUT2D eigenvalue weighted by atomic mass is 32.2. The Morgan fingerprint density at radius 3 is 2.83 bits per heavy atom. The maximum Gasteiger partial charge on any atom is 0.119 e. The van der Waals surface area contributed by atoms with Crippen molar-refractivity contribution in [1.29, 1.82) is 0 Å². The van der Waals surface area contributed by atoms with Crippen molar-refractivity contribution in [3.05, 3.63) is 47.9 Å². The average Bonchev–Trinajstić information content (AvgIpc) is 2.85. The Bertz CT molecular complexity index is 496. The second-order valence-corrected chi connectivity index (χ2v) is 4.91. The van der Waals surface area contributed by atoms with Crippen molar-refractivity contribution in [2.75, 3.05) is 14.2 Å². The first-order valence-electron chi connectivity index (χ1n) is 5.81. The molecular formula is C14H17NO2S. The summed E-state index contributed by atoms with van der Waals surface area (Å²) in [5, 5.41) is 3.07. The lowest BCUT2D eigenvalue weighted by Crippen LogP contribution is -2.03. The quantitative estimate of drug-likeness (QED) is 0.811. The van der Waals surface area contributed by atoms with E-state index in [0.717, 1.165) is 29.6 Å². The first-order chi connectivity index (χ1) is 8.81. The minimum atomic E-state index is 0.768. The molecule has 1 N–H and O–H groups in total. The van der Waals surface area contributed by atoms with Crippen LogP contribution in [-0.2, 0) is 12.3 Å². The van der Waals surface area contributed by atoms with E-state index in [1.807, 2.05) is 37.4 Å². The van der Waals surface area contributed by atoms with Gasteiger partial charge in [-0.15, -0.1) is 11.8 Å². The fourth-order valence-electron chi connectivity index (χ4n) is 1.61. The highest BCUT2D eigenvalue weighted by Crippen LogP contribution is 2.26. The van der Waals surface area contributed by atoms with Gasteiger partial charge < -0.3 is 14.5 Å². The number of ether oxygens (including phenoxy) is 1. The fourth-order valence-corrected chi connectivity index (χ4v) is 2.45. The van der Waals surface area contributed by atoms with Crippen LogP contribution < -0.4 is 10.1 Å². The van der Waals surface area contributed by atoms with Crippen LogP contribution in [0.15, 0.2) is 45.7 Å². The molecule has 0 fully saturated rings. The zero-order valence-corrected chi connectivity index (χ0v) is 11.4. The van der Waals surface area contributed by atoms with Crippen LogP contribution in [0.5, 0.6) is 5.75 Å². The first kappa shape index (κ1) is 13.1. The first-order valence-corrected chi connectivity index (χ1v) is 6.79. The normalized spacial score (nSPS) is 10.6. The monoisotopic (exact) mass is 263 g/mol. The van der Waals surface area contributed by atoms with Gasteiger partial charge in [-0.2, -0.15) is 0 Å². The van der Waals surface area contributed by atoms with Crippen LogP contribution in [-0.4, -0.2) is 14.2 Å². The molecule has 0 spiro atoms. The summed E-state index contributed by atoms with van der Waals surface area (Å²) < 4.78 is 10.9. The SMILES string of the molecule is CNCc1ccc(CSc2cccc(OC)c2)o1. The number of furan rings is 1. The highest BCUT2D eigenvalue weighted by molar-refractivity contribution is 7.98. The van der Waals surface area contributed by atoms with Crippen molar-refractivity contribution < 1.29 is 9.15 Å². The van der Waals surface area contributed by atoms with Crippen LogP contribution >= 0.6 is 11.8 Å². The average molecular weight is 263 g/mol. The number of thioether (sulfide) groups is 1. The third-order valence-electron chi connectivity index (χ3n) is 2.49. The molecule has 2 rings (SSSR count). The lowest BCUT2D eigenvalue weighted by Gasteiger charge is -2.03. The molecule has 4 heteroatoms. The molecule has 0 radical (unpaired) electrons. The molecule has 1 heterocycles. The van der Waals surface area contributed by atoms with Crippen molar-refractivity contribution in [3.63, 3.8) is 0 Å². The Labute approximate surface area is 112 Å². The van der Waals surface area contributed by atoms with Gasteiger partial charge in [0.05, 0.1) is 19.4 Å². The van der Waals surface area contributed by atoms with E-state index < -0.39 is 0 Å². The van der Waals surface area contributed by atoms with E-state index in [-0.39, 0.29) is 0 Å². The van der Waals surface area contributed by atoms with E-state index >= 15 is 0 Å². The number of hydrogen-bond acceptors (Lipinski definition) is 4. The number of nitrogens with one attached hydrogen (secondary N) is 1. The fraction of sp³-hybridized carbons (Fsp3) is 0.286. The summed E-state index contributed by atoms with van der Waals surface area (Å²) >= 11 is 1.74. The Balaban J connectivity index is 1.93. The summed E-state index contributed by atoms with van der Waals surface area (Å²) in [6, 6.07) is 12.1. The van der Waals surface area contributed by atoms with E-state index in [9.17, 15) is 0 Å². The van der Waals surface area contributed by atoms with E-state index in [2.05, 4.69) is 11.4 Å². The second kappa shape index (κ2) is 6.52. The van der Waals surface area contributed by atoms with Crippen molar-refractivity contribution in [2.24, 2.45) is 0 Å². The Hall–Kier alpha value is -1.39. The summed E-state index contributed by atoms with van der Waals surface area (Å²) in [6.07, 6.45) is 0. The van der Waals surface area contributed by atoms with E-state index in [0.29, 0.717) is 0 Å². The highest BCUT2D eigenvalue weighted by Gasteiger charge is 2.03. The van der Waals surface area contributed by atoms with Crippen LogP contribution in [0.25, 0.3) is 0 Å². The van der Waals surface area contributed by atoms with E-state index in [1.165, 1.54) is 4.90 Å². The summed E-state index contributed by atoms with van der Waals surface area (Å²) in [5.41, 5.74) is 0. The van der Waals surface area contributed by atoms with Crippen molar-refractivity contribution in [2.45, 2.75) is 17.2 Å². The molecule has 1 aromatic carbocycles. The zero-order valence-electron chi connectivity index (χ0n) is 10.6. The van der Waals surface area contributed by atoms with Gasteiger partial charge >= 0.3 is 0 Å². The number of benzene rings is 1. The molecule has 0 aliphatic heterocycles. The molecule has 2 aromatic rings. The molecule has 96 valence electrons. The number of rotatable bonds is 6. The van der Waals surface area contributed by atoms with Gasteiger partial charge in [-0.1, -0.05) is 6.07 Å². The Kier molecular flexibility index (Phi) is 4.73. The molecule has 0 aliphatic rings. The third kappa shape index (κ3) is 3.55. The number of hydrogen-bond donors (Lipinski definition) is 1. The molecule has 3 nitrogen and oxygen atoms in total. The van der Waals surface area contributed by atoms with Gasteiger partial charge in [0.2, 0.25) is 0 Å². The van der Waals surface area contributed by atoms with Gasteiger partial charge in [-0.25, -0.2) is 0 Å². The van der Waals surface area contributed by atoms with E-state index in [4.69, 9.17) is 9.15 Å². The largest absolute Gasteiger partial charge is 0.497 e. The van der Waals surface area contributed by atoms with Gasteiger partial charge in [-0.3, -0.25) is 0 Å². The maximum atomic E-state index is 5.69. The van der Waals surface area contributed by atoms with Gasteiger partial charge in [0.1, 0.15) is 17.3 Å². The topological polar surface area (TPSA) is 34.4 Å². The lowest BCUT2D eigenvalue weighted by molar-refractivity contribution is 0.413. The summed E-state index contributed by atoms with van der Waals surface area (Å²) in [7, 11) is 3.59. The van der Waals surface area contributed by atoms with Gasteiger partial charge in [0.25, 0.3) is 0 Å². The zero-order chi connectivity index (χ0) is 12.8. The molecule has 0 aliphatic carbocycles. The van der Waals surface area contributed by atoms with Gasteiger partial charge in [-0.05, 0) is 37.4 Å². The maximum absolute atomic E-state index is 5.69. The van der Waals surface area contributed by atoms with Crippen molar-refractivity contribution >= 4 is 11.8 Å². The molecule has 0 amide bonds. The Morgan fingerprint density at radius 2 is 2.06 bits per heavy atom. The van der Waals surface area contributed by atoms with Crippen LogP contribution in [0.1, 0.15) is 11.5 Å². The summed E-state index contributed by atoms with van der Waals surface area (Å²) in [5.74, 6) is 3.68. The lowest BCUT2D eigenvalue weighted by atomic mass is 10.3. The molecule has 0 unspecified atom stereocenters. The van der Waals surface area contributed by atoms with Gasteiger partial charge in [0.15, 0.2) is 0 Å². The second-order valence-electron chi connectivity index (χ2n) is 3.87. The van der Waals surface area contributed by atoms with Crippen LogP contribution in [0.3, 0.4) is 0 Å². The minimum absolute atomic E-state index is 0.768. The molecule has 0 saturated carbocycles. The minimum Gasteiger partial charge on any atom is -0.497 e. The van der Waals surface area contributed by atoms with Crippen LogP contribution in [0, 0.1) is 0 Å². The smallest absolute Gasteiger partial charge is 0.119 e. The van der Waals surface area contributed by atoms with Crippen molar-refractivity contribution in [3.8, 4) is 5.75 Å². The molecule has 18 heavy (non-hydrogen) atoms. The number of methoxy groups -OCH3 is 1. The standard InChI is InChI=1S/C14H17NO2S/c1-15-9-12-6-7-13(17-12)10-18-14-5-3-4-11(8-14)16-2/h3-8,15H,9-10H2,1-2H3. The molecular weight excluding hydrogens is 246 g/mol. The summed E-state index contributed by atoms with van der Waals surface area (Å²) in [6.45, 7) is 0.768. The molecule has 0 bridgehead atoms. The molecule has 0 saturated heterocycles. The summed E-state index contributed by atoms with van der Waals surface area (Å²) in [4.78, 5) is 1.18. The third-order valence-corrected chi connectivity index (χ3v) is 3.51. The van der Waals surface area contributed by atoms with E-state index in [1.54, 1.807) is 18.9 Å². The predicted octanol–water partition coefficient (Wildman–Crippen LogP) is 3.30. The van der Waals surface area contributed by atoms with Crippen molar-refractivity contribution in [1.82, 2.24) is 5.32 Å². The molecule has 0 atom stereocenters.